The topological polar surface area (TPSA) is 39.1 Å². The van der Waals surface area contributed by atoms with Gasteiger partial charge in [-0.1, -0.05) is 32.9 Å². The van der Waals surface area contributed by atoms with Crippen LogP contribution in [0.25, 0.3) is 0 Å². The van der Waals surface area contributed by atoms with Gasteiger partial charge in [0.1, 0.15) is 0 Å². The minimum atomic E-state index is 0.158. The van der Waals surface area contributed by atoms with Crippen molar-refractivity contribution in [3.8, 4) is 6.07 Å². The zero-order valence-electron chi connectivity index (χ0n) is 12.1. The second-order valence-electron chi connectivity index (χ2n) is 6.29. The summed E-state index contributed by atoms with van der Waals surface area (Å²) in [7, 11) is 0. The Morgan fingerprint density at radius 3 is 2.53 bits per heavy atom. The molecule has 1 N–H and O–H groups in total. The fourth-order valence-electron chi connectivity index (χ4n) is 2.98. The van der Waals surface area contributed by atoms with E-state index in [-0.39, 0.29) is 5.41 Å². The Morgan fingerprint density at radius 2 is 1.95 bits per heavy atom. The maximum atomic E-state index is 9.08. The maximum Gasteiger partial charge on any atom is 0.0991 e. The molecule has 0 spiro atoms. The summed E-state index contributed by atoms with van der Waals surface area (Å²) in [5.41, 5.74) is 2.17. The number of hydrogen-bond acceptors (Lipinski definition) is 3. The molecule has 1 atom stereocenters. The predicted molar refractivity (Wildman–Crippen MR) is 77.8 cm³/mol. The lowest BCUT2D eigenvalue weighted by atomic mass is 9.80. The van der Waals surface area contributed by atoms with Crippen molar-refractivity contribution < 1.29 is 0 Å². The van der Waals surface area contributed by atoms with Crippen LogP contribution in [0.3, 0.4) is 0 Å². The molecule has 3 nitrogen and oxygen atoms in total. The summed E-state index contributed by atoms with van der Waals surface area (Å²) in [4.78, 5) is 2.53. The average Bonchev–Trinajstić information content (AvgIpc) is 2.39. The summed E-state index contributed by atoms with van der Waals surface area (Å²) < 4.78 is 0. The molecule has 2 rings (SSSR count). The molecule has 0 saturated carbocycles. The molecular formula is C16H23N3. The number of nitrogens with one attached hydrogen (secondary N) is 1. The largest absolute Gasteiger partial charge is 0.314 e. The highest BCUT2D eigenvalue weighted by Crippen LogP contribution is 2.38. The number of piperazine rings is 1. The molecule has 0 aromatic heterocycles. The molecule has 0 unspecified atom stereocenters. The summed E-state index contributed by atoms with van der Waals surface area (Å²) in [6, 6.07) is 10.7. The Hall–Kier alpha value is -1.37. The van der Waals surface area contributed by atoms with Gasteiger partial charge in [0.15, 0.2) is 0 Å². The summed E-state index contributed by atoms with van der Waals surface area (Å²) in [6.45, 7) is 11.1. The van der Waals surface area contributed by atoms with E-state index in [0.29, 0.717) is 6.04 Å². The van der Waals surface area contributed by atoms with Crippen LogP contribution in [0.2, 0.25) is 0 Å². The zero-order valence-corrected chi connectivity index (χ0v) is 12.1. The minimum Gasteiger partial charge on any atom is -0.314 e. The van der Waals surface area contributed by atoms with Gasteiger partial charge in [-0.05, 0) is 23.1 Å². The average molecular weight is 257 g/mol. The van der Waals surface area contributed by atoms with Crippen LogP contribution < -0.4 is 5.32 Å². The molecule has 3 heteroatoms. The van der Waals surface area contributed by atoms with E-state index in [1.54, 1.807) is 0 Å². The maximum absolute atomic E-state index is 9.08. The molecule has 0 bridgehead atoms. The second kappa shape index (κ2) is 5.73. The Morgan fingerprint density at radius 1 is 1.26 bits per heavy atom. The summed E-state index contributed by atoms with van der Waals surface area (Å²) in [5, 5.41) is 12.5. The van der Waals surface area contributed by atoms with Crippen LogP contribution in [0.15, 0.2) is 24.3 Å². The molecule has 102 valence electrons. The van der Waals surface area contributed by atoms with Crippen molar-refractivity contribution in [3.63, 3.8) is 0 Å². The van der Waals surface area contributed by atoms with Crippen LogP contribution in [-0.4, -0.2) is 31.1 Å². The number of rotatable bonds is 2. The van der Waals surface area contributed by atoms with E-state index in [9.17, 15) is 0 Å². The number of hydrogen-bond donors (Lipinski definition) is 1. The van der Waals surface area contributed by atoms with Crippen molar-refractivity contribution in [1.29, 1.82) is 5.26 Å². The van der Waals surface area contributed by atoms with Crippen molar-refractivity contribution in [2.24, 2.45) is 5.41 Å². The van der Waals surface area contributed by atoms with E-state index in [4.69, 9.17) is 5.26 Å². The van der Waals surface area contributed by atoms with Gasteiger partial charge < -0.3 is 5.32 Å². The number of nitriles is 1. The fraction of sp³-hybridized carbons (Fsp3) is 0.562. The molecule has 1 heterocycles. The SMILES string of the molecule is CC(C)(C)[C@@H](c1cccc(C#N)c1)N1CCNCC1. The van der Waals surface area contributed by atoms with Crippen LogP contribution in [0, 0.1) is 16.7 Å². The first-order chi connectivity index (χ1) is 9.02. The zero-order chi connectivity index (χ0) is 13.9. The molecule has 1 saturated heterocycles. The summed E-state index contributed by atoms with van der Waals surface area (Å²) >= 11 is 0. The standard InChI is InChI=1S/C16H23N3/c1-16(2,3)15(19-9-7-18-8-10-19)14-6-4-5-13(11-14)12-17/h4-6,11,15,18H,7-10H2,1-3H3/t15-/m1/s1. The van der Waals surface area contributed by atoms with Crippen LogP contribution >= 0.6 is 0 Å². The Balaban J connectivity index is 2.34. The van der Waals surface area contributed by atoms with Gasteiger partial charge in [-0.3, -0.25) is 4.90 Å². The first-order valence-corrected chi connectivity index (χ1v) is 6.97. The van der Waals surface area contributed by atoms with Crippen molar-refractivity contribution in [3.05, 3.63) is 35.4 Å². The molecule has 19 heavy (non-hydrogen) atoms. The number of benzene rings is 1. The highest BCUT2D eigenvalue weighted by Gasteiger charge is 2.32. The molecule has 0 radical (unpaired) electrons. The van der Waals surface area contributed by atoms with E-state index in [1.165, 1.54) is 5.56 Å². The lowest BCUT2D eigenvalue weighted by molar-refractivity contribution is 0.0862. The van der Waals surface area contributed by atoms with E-state index in [1.807, 2.05) is 18.2 Å². The molecule has 0 aliphatic carbocycles. The van der Waals surface area contributed by atoms with E-state index >= 15 is 0 Å². The lowest BCUT2D eigenvalue weighted by Gasteiger charge is -2.42. The van der Waals surface area contributed by atoms with Crippen LogP contribution in [-0.2, 0) is 0 Å². The Kier molecular flexibility index (Phi) is 4.24. The van der Waals surface area contributed by atoms with E-state index in [0.717, 1.165) is 31.7 Å². The fourth-order valence-corrected chi connectivity index (χ4v) is 2.98. The van der Waals surface area contributed by atoms with Gasteiger partial charge in [0.2, 0.25) is 0 Å². The monoisotopic (exact) mass is 257 g/mol. The highest BCUT2D eigenvalue weighted by molar-refractivity contribution is 5.35. The van der Waals surface area contributed by atoms with Crippen LogP contribution in [0.4, 0.5) is 0 Å². The van der Waals surface area contributed by atoms with Crippen molar-refractivity contribution >= 4 is 0 Å². The summed E-state index contributed by atoms with van der Waals surface area (Å²) in [5.74, 6) is 0. The van der Waals surface area contributed by atoms with Crippen molar-refractivity contribution in [2.45, 2.75) is 26.8 Å². The first-order valence-electron chi connectivity index (χ1n) is 6.97. The van der Waals surface area contributed by atoms with Gasteiger partial charge in [0.05, 0.1) is 11.6 Å². The molecule has 1 aliphatic rings. The highest BCUT2D eigenvalue weighted by atomic mass is 15.2. The molecule has 1 fully saturated rings. The van der Waals surface area contributed by atoms with Gasteiger partial charge in [0.25, 0.3) is 0 Å². The van der Waals surface area contributed by atoms with Gasteiger partial charge >= 0.3 is 0 Å². The Labute approximate surface area is 116 Å². The third-order valence-electron chi connectivity index (χ3n) is 3.67. The lowest BCUT2D eigenvalue weighted by Crippen LogP contribution is -2.48. The van der Waals surface area contributed by atoms with Crippen LogP contribution in [0.5, 0.6) is 0 Å². The van der Waals surface area contributed by atoms with Gasteiger partial charge in [-0.15, -0.1) is 0 Å². The molecule has 1 aromatic rings. The third-order valence-corrected chi connectivity index (χ3v) is 3.67. The molecule has 1 aliphatic heterocycles. The third kappa shape index (κ3) is 3.34. The van der Waals surface area contributed by atoms with Crippen molar-refractivity contribution in [1.82, 2.24) is 10.2 Å². The quantitative estimate of drug-likeness (QED) is 0.885. The smallest absolute Gasteiger partial charge is 0.0991 e. The van der Waals surface area contributed by atoms with Gasteiger partial charge in [-0.2, -0.15) is 5.26 Å². The summed E-state index contributed by atoms with van der Waals surface area (Å²) in [6.07, 6.45) is 0. The second-order valence-corrected chi connectivity index (χ2v) is 6.29. The van der Waals surface area contributed by atoms with Gasteiger partial charge in [0, 0.05) is 32.2 Å². The van der Waals surface area contributed by atoms with E-state index < -0.39 is 0 Å². The number of nitrogens with zero attached hydrogens (tertiary/aromatic N) is 2. The molecule has 0 amide bonds. The minimum absolute atomic E-state index is 0.158. The van der Waals surface area contributed by atoms with Crippen LogP contribution in [0.1, 0.15) is 37.9 Å². The predicted octanol–water partition coefficient (Wildman–Crippen LogP) is 2.55. The Bertz CT molecular complexity index is 462. The molecular weight excluding hydrogens is 234 g/mol. The van der Waals surface area contributed by atoms with E-state index in [2.05, 4.69) is 43.1 Å². The first kappa shape index (κ1) is 14.0. The van der Waals surface area contributed by atoms with Gasteiger partial charge in [-0.25, -0.2) is 0 Å². The molecule has 1 aromatic carbocycles. The normalized spacial score (nSPS) is 18.8. The van der Waals surface area contributed by atoms with Crippen molar-refractivity contribution in [2.75, 3.05) is 26.2 Å².